The molecule has 1 saturated heterocycles. The third kappa shape index (κ3) is 4.40. The maximum atomic E-state index is 13.7. The lowest BCUT2D eigenvalue weighted by Gasteiger charge is -2.31. The molecule has 2 heterocycles. The van der Waals surface area contributed by atoms with Gasteiger partial charge in [-0.1, -0.05) is 0 Å². The van der Waals surface area contributed by atoms with Crippen molar-refractivity contribution in [3.63, 3.8) is 0 Å². The third-order valence-corrected chi connectivity index (χ3v) is 5.58. The molecule has 1 amide bonds. The van der Waals surface area contributed by atoms with Crippen molar-refractivity contribution in [2.75, 3.05) is 13.1 Å². The second kappa shape index (κ2) is 8.64. The molecular formula is C22H25F2N3O4. The van der Waals surface area contributed by atoms with Crippen LogP contribution in [-0.4, -0.2) is 52.0 Å². The van der Waals surface area contributed by atoms with E-state index in [1.807, 2.05) is 0 Å². The van der Waals surface area contributed by atoms with E-state index in [9.17, 15) is 18.4 Å². The molecule has 1 aliphatic heterocycles. The highest BCUT2D eigenvalue weighted by molar-refractivity contribution is 5.89. The van der Waals surface area contributed by atoms with E-state index < -0.39 is 17.6 Å². The van der Waals surface area contributed by atoms with Gasteiger partial charge in [-0.3, -0.25) is 0 Å². The van der Waals surface area contributed by atoms with Gasteiger partial charge in [0.15, 0.2) is 17.3 Å². The van der Waals surface area contributed by atoms with Gasteiger partial charge in [-0.05, 0) is 45.2 Å². The molecule has 7 nitrogen and oxygen atoms in total. The van der Waals surface area contributed by atoms with Gasteiger partial charge in [0.05, 0.1) is 11.8 Å². The first-order valence-electron chi connectivity index (χ1n) is 10.6. The number of fused-ring (bicyclic) bond motifs is 1. The number of rotatable bonds is 4. The second-order valence-electron chi connectivity index (χ2n) is 8.16. The molecule has 166 valence electrons. The Morgan fingerprint density at radius 1 is 1.13 bits per heavy atom. The Morgan fingerprint density at radius 3 is 2.55 bits per heavy atom. The van der Waals surface area contributed by atoms with Crippen LogP contribution in [0.5, 0.6) is 0 Å². The number of benzene rings is 1. The van der Waals surface area contributed by atoms with Gasteiger partial charge in [0, 0.05) is 43.3 Å². The van der Waals surface area contributed by atoms with Crippen LogP contribution in [0.25, 0.3) is 5.69 Å². The van der Waals surface area contributed by atoms with Crippen molar-refractivity contribution in [1.82, 2.24) is 14.7 Å². The summed E-state index contributed by atoms with van der Waals surface area (Å²) >= 11 is 0. The number of aromatic nitrogens is 2. The standard InChI is InChI=1S/C22H25F2N3O4/c1-13(2)30-22(29)26-10-8-15(9-11-26)31-21(28)20-16-4-3-5-19(16)27(25-20)14-6-7-17(23)18(24)12-14/h6-7,12-13,15H,3-5,8-11H2,1-2H3. The highest BCUT2D eigenvalue weighted by Crippen LogP contribution is 2.29. The SMILES string of the molecule is CC(C)OC(=O)N1CCC(OC(=O)c2nn(-c3ccc(F)c(F)c3)c3c2CCC3)CC1. The summed E-state index contributed by atoms with van der Waals surface area (Å²) in [5.74, 6) is -2.43. The van der Waals surface area contributed by atoms with Gasteiger partial charge in [0.1, 0.15) is 6.10 Å². The highest BCUT2D eigenvalue weighted by Gasteiger charge is 2.31. The molecule has 0 N–H and O–H groups in total. The summed E-state index contributed by atoms with van der Waals surface area (Å²) in [6, 6.07) is 3.55. The molecule has 1 aromatic heterocycles. The minimum absolute atomic E-state index is 0.185. The number of carbonyl (C=O) groups is 2. The Hall–Kier alpha value is -2.97. The van der Waals surface area contributed by atoms with E-state index in [0.717, 1.165) is 29.8 Å². The fourth-order valence-electron chi connectivity index (χ4n) is 4.07. The molecule has 0 radical (unpaired) electrons. The maximum absolute atomic E-state index is 13.7. The number of piperidine rings is 1. The quantitative estimate of drug-likeness (QED) is 0.686. The van der Waals surface area contributed by atoms with Crippen LogP contribution in [0.4, 0.5) is 13.6 Å². The van der Waals surface area contributed by atoms with E-state index in [4.69, 9.17) is 9.47 Å². The summed E-state index contributed by atoms with van der Waals surface area (Å²) in [5, 5.41) is 4.38. The average Bonchev–Trinajstić information content (AvgIpc) is 3.33. The van der Waals surface area contributed by atoms with E-state index >= 15 is 0 Å². The summed E-state index contributed by atoms with van der Waals surface area (Å²) in [5.41, 5.74) is 2.21. The molecule has 0 saturated carbocycles. The number of amides is 1. The van der Waals surface area contributed by atoms with E-state index in [1.165, 1.54) is 10.7 Å². The van der Waals surface area contributed by atoms with E-state index in [2.05, 4.69) is 5.10 Å². The molecule has 2 aliphatic rings. The van der Waals surface area contributed by atoms with Crippen LogP contribution in [0.2, 0.25) is 0 Å². The van der Waals surface area contributed by atoms with Gasteiger partial charge in [0.2, 0.25) is 0 Å². The minimum atomic E-state index is -0.966. The summed E-state index contributed by atoms with van der Waals surface area (Å²) in [6.07, 6.45) is 2.41. The number of hydrogen-bond donors (Lipinski definition) is 0. The average molecular weight is 433 g/mol. The zero-order valence-corrected chi connectivity index (χ0v) is 17.6. The topological polar surface area (TPSA) is 73.7 Å². The lowest BCUT2D eigenvalue weighted by molar-refractivity contribution is 0.00749. The zero-order chi connectivity index (χ0) is 22.1. The first-order chi connectivity index (χ1) is 14.8. The lowest BCUT2D eigenvalue weighted by atomic mass is 10.1. The fourth-order valence-corrected chi connectivity index (χ4v) is 4.07. The summed E-state index contributed by atoms with van der Waals surface area (Å²) in [6.45, 7) is 4.49. The predicted octanol–water partition coefficient (Wildman–Crippen LogP) is 3.81. The molecule has 1 aromatic carbocycles. The number of halogens is 2. The first-order valence-corrected chi connectivity index (χ1v) is 10.6. The fraction of sp³-hybridized carbons (Fsp3) is 0.500. The van der Waals surface area contributed by atoms with Crippen molar-refractivity contribution in [3.8, 4) is 5.69 Å². The molecule has 9 heteroatoms. The third-order valence-electron chi connectivity index (χ3n) is 5.58. The van der Waals surface area contributed by atoms with Crippen molar-refractivity contribution >= 4 is 12.1 Å². The van der Waals surface area contributed by atoms with E-state index in [1.54, 1.807) is 18.7 Å². The van der Waals surface area contributed by atoms with E-state index in [0.29, 0.717) is 44.5 Å². The number of nitrogens with zero attached hydrogens (tertiary/aromatic N) is 3. The van der Waals surface area contributed by atoms with Crippen molar-refractivity contribution in [2.45, 2.75) is 58.2 Å². The van der Waals surface area contributed by atoms with E-state index in [-0.39, 0.29) is 24.0 Å². The molecule has 0 spiro atoms. The van der Waals surface area contributed by atoms with Crippen LogP contribution in [-0.2, 0) is 22.3 Å². The normalized spacial score (nSPS) is 16.5. The van der Waals surface area contributed by atoms with Gasteiger partial charge in [-0.25, -0.2) is 23.1 Å². The second-order valence-corrected chi connectivity index (χ2v) is 8.16. The Bertz CT molecular complexity index is 997. The number of esters is 1. The van der Waals surface area contributed by atoms with Crippen molar-refractivity contribution in [2.24, 2.45) is 0 Å². The molecule has 2 aromatic rings. The van der Waals surface area contributed by atoms with Crippen molar-refractivity contribution in [3.05, 3.63) is 46.8 Å². The zero-order valence-electron chi connectivity index (χ0n) is 17.6. The van der Waals surface area contributed by atoms with Gasteiger partial charge in [-0.2, -0.15) is 5.10 Å². The van der Waals surface area contributed by atoms with Gasteiger partial charge in [-0.15, -0.1) is 0 Å². The molecule has 0 bridgehead atoms. The largest absolute Gasteiger partial charge is 0.457 e. The molecule has 4 rings (SSSR count). The number of likely N-dealkylation sites (tertiary alicyclic amines) is 1. The molecule has 1 aliphatic carbocycles. The molecular weight excluding hydrogens is 408 g/mol. The monoisotopic (exact) mass is 433 g/mol. The molecule has 0 atom stereocenters. The van der Waals surface area contributed by atoms with Gasteiger partial charge in [0.25, 0.3) is 0 Å². The van der Waals surface area contributed by atoms with Crippen LogP contribution in [0.15, 0.2) is 18.2 Å². The van der Waals surface area contributed by atoms with Crippen LogP contribution < -0.4 is 0 Å². The molecule has 1 fully saturated rings. The maximum Gasteiger partial charge on any atom is 0.410 e. The highest BCUT2D eigenvalue weighted by atomic mass is 19.2. The van der Waals surface area contributed by atoms with Crippen LogP contribution >= 0.6 is 0 Å². The molecule has 0 unspecified atom stereocenters. The van der Waals surface area contributed by atoms with Crippen LogP contribution in [0.1, 0.15) is 54.9 Å². The van der Waals surface area contributed by atoms with Crippen LogP contribution in [0, 0.1) is 11.6 Å². The van der Waals surface area contributed by atoms with Gasteiger partial charge < -0.3 is 14.4 Å². The Labute approximate surface area is 178 Å². The minimum Gasteiger partial charge on any atom is -0.457 e. The summed E-state index contributed by atoms with van der Waals surface area (Å²) < 4.78 is 39.4. The van der Waals surface area contributed by atoms with Gasteiger partial charge >= 0.3 is 12.1 Å². The summed E-state index contributed by atoms with van der Waals surface area (Å²) in [4.78, 5) is 26.5. The Balaban J connectivity index is 1.45. The van der Waals surface area contributed by atoms with Crippen LogP contribution in [0.3, 0.4) is 0 Å². The predicted molar refractivity (Wildman–Crippen MR) is 107 cm³/mol. The van der Waals surface area contributed by atoms with Crippen molar-refractivity contribution < 1.29 is 27.8 Å². The Kier molecular flexibility index (Phi) is 5.93. The Morgan fingerprint density at radius 2 is 1.87 bits per heavy atom. The number of hydrogen-bond acceptors (Lipinski definition) is 5. The first kappa shape index (κ1) is 21.3. The number of ether oxygens (including phenoxy) is 2. The smallest absolute Gasteiger partial charge is 0.410 e. The number of carbonyl (C=O) groups excluding carboxylic acids is 2. The summed E-state index contributed by atoms with van der Waals surface area (Å²) in [7, 11) is 0. The van der Waals surface area contributed by atoms with Crippen molar-refractivity contribution in [1.29, 1.82) is 0 Å². The lowest BCUT2D eigenvalue weighted by Crippen LogP contribution is -2.42. The molecule has 31 heavy (non-hydrogen) atoms.